The van der Waals surface area contributed by atoms with Gasteiger partial charge < -0.3 is 0 Å². The first-order chi connectivity index (χ1) is 3.06. The summed E-state index contributed by atoms with van der Waals surface area (Å²) < 4.78 is -0.589. The van der Waals surface area contributed by atoms with Crippen LogP contribution >= 0.6 is 35.0 Å². The smallest absolute Gasteiger partial charge is 0.124 e. The maximum Gasteiger partial charge on any atom is 0.160 e. The minimum absolute atomic E-state index is 0.589. The van der Waals surface area contributed by atoms with Crippen molar-refractivity contribution >= 4 is 35.0 Å². The largest absolute Gasteiger partial charge is 0.160 e. The van der Waals surface area contributed by atoms with Crippen molar-refractivity contribution in [2.24, 2.45) is 0 Å². The Labute approximate surface area is 58.6 Å². The summed E-state index contributed by atoms with van der Waals surface area (Å²) in [6.07, 6.45) is 0. The molecule has 0 nitrogen and oxygen atoms in total. The van der Waals surface area contributed by atoms with Crippen molar-refractivity contribution in [3.05, 3.63) is 0 Å². The summed E-state index contributed by atoms with van der Waals surface area (Å²) in [6.45, 7) is 3.79. The molecule has 0 rings (SSSR count). The Hall–Kier alpha value is 0.930. The van der Waals surface area contributed by atoms with E-state index in [1.165, 1.54) is 11.8 Å². The van der Waals surface area contributed by atoms with Crippen LogP contribution in [0, 0.1) is 0 Å². The molecule has 0 saturated carbocycles. The average Bonchev–Trinajstić information content (AvgIpc) is 1.30. The van der Waals surface area contributed by atoms with E-state index in [0.29, 0.717) is 0 Å². The highest BCUT2D eigenvalue weighted by Gasteiger charge is 2.13. The molecule has 0 radical (unpaired) electrons. The molecule has 0 aliphatic heterocycles. The molecule has 0 aliphatic rings. The molecule has 0 fully saturated rings. The third-order valence-corrected chi connectivity index (χ3v) is 1.85. The Morgan fingerprint density at radius 1 is 1.57 bits per heavy atom. The van der Waals surface area contributed by atoms with Gasteiger partial charge in [0, 0.05) is 0 Å². The van der Waals surface area contributed by atoms with Gasteiger partial charge in [-0.15, -0.1) is 11.8 Å². The lowest BCUT2D eigenvalue weighted by Gasteiger charge is -2.08. The molecular formula is C4H8Cl2S. The first-order valence-electron chi connectivity index (χ1n) is 2.08. The number of rotatable bonds is 2. The van der Waals surface area contributed by atoms with Crippen molar-refractivity contribution in [1.29, 1.82) is 0 Å². The predicted molar refractivity (Wildman–Crippen MR) is 38.2 cm³/mol. The van der Waals surface area contributed by atoms with Gasteiger partial charge in [0.15, 0.2) is 3.67 Å². The molecule has 44 valence electrons. The molecule has 0 bridgehead atoms. The summed E-state index contributed by atoms with van der Waals surface area (Å²) in [5.41, 5.74) is 0. The van der Waals surface area contributed by atoms with Crippen LogP contribution in [0.25, 0.3) is 0 Å². The van der Waals surface area contributed by atoms with Crippen molar-refractivity contribution in [2.45, 2.75) is 17.5 Å². The Kier molecular flexibility index (Phi) is 3.46. The van der Waals surface area contributed by atoms with E-state index in [1.807, 2.05) is 6.92 Å². The van der Waals surface area contributed by atoms with E-state index in [2.05, 4.69) is 0 Å². The molecule has 7 heavy (non-hydrogen) atoms. The fraction of sp³-hybridized carbons (Fsp3) is 1.00. The van der Waals surface area contributed by atoms with Gasteiger partial charge >= 0.3 is 0 Å². The quantitative estimate of drug-likeness (QED) is 0.558. The van der Waals surface area contributed by atoms with E-state index in [1.54, 1.807) is 6.92 Å². The summed E-state index contributed by atoms with van der Waals surface area (Å²) in [5.74, 6) is 0.962. The predicted octanol–water partition coefficient (Wildman–Crippen LogP) is 2.89. The highest BCUT2D eigenvalue weighted by Crippen LogP contribution is 2.32. The summed E-state index contributed by atoms with van der Waals surface area (Å²) >= 11 is 12.6. The first kappa shape index (κ1) is 7.93. The molecule has 0 heterocycles. The van der Waals surface area contributed by atoms with Gasteiger partial charge in [-0.2, -0.15) is 0 Å². The molecule has 0 saturated heterocycles. The Morgan fingerprint density at radius 3 is 2.00 bits per heavy atom. The van der Waals surface area contributed by atoms with Crippen molar-refractivity contribution in [3.63, 3.8) is 0 Å². The van der Waals surface area contributed by atoms with Crippen LogP contribution in [0.3, 0.4) is 0 Å². The summed E-state index contributed by atoms with van der Waals surface area (Å²) in [7, 11) is 0. The van der Waals surface area contributed by atoms with Gasteiger partial charge in [-0.25, -0.2) is 0 Å². The lowest BCUT2D eigenvalue weighted by atomic mass is 10.9. The Bertz CT molecular complexity index is 48.1. The normalized spacial score (nSPS) is 12.0. The number of hydrogen-bond donors (Lipinski definition) is 0. The average molecular weight is 159 g/mol. The van der Waals surface area contributed by atoms with E-state index in [4.69, 9.17) is 23.2 Å². The van der Waals surface area contributed by atoms with Crippen LogP contribution in [0.2, 0.25) is 0 Å². The van der Waals surface area contributed by atoms with Crippen LogP contribution in [0.15, 0.2) is 0 Å². The molecule has 0 unspecified atom stereocenters. The molecule has 0 aliphatic carbocycles. The van der Waals surface area contributed by atoms with Crippen molar-refractivity contribution in [1.82, 2.24) is 0 Å². The third-order valence-electron chi connectivity index (χ3n) is 0.398. The second kappa shape index (κ2) is 3.06. The second-order valence-electron chi connectivity index (χ2n) is 1.24. The van der Waals surface area contributed by atoms with Crippen LogP contribution in [-0.4, -0.2) is 9.42 Å². The van der Waals surface area contributed by atoms with Gasteiger partial charge in [-0.3, -0.25) is 0 Å². The first-order valence-corrected chi connectivity index (χ1v) is 3.82. The standard InChI is InChI=1S/C4H8Cl2S/c1-3-7-4(2,5)6/h3H2,1-2H3. The van der Waals surface area contributed by atoms with Crippen LogP contribution in [-0.2, 0) is 0 Å². The topological polar surface area (TPSA) is 0 Å². The van der Waals surface area contributed by atoms with Crippen molar-refractivity contribution in [2.75, 3.05) is 5.75 Å². The van der Waals surface area contributed by atoms with Crippen LogP contribution in [0.5, 0.6) is 0 Å². The molecule has 0 atom stereocenters. The Morgan fingerprint density at radius 2 is 2.00 bits per heavy atom. The molecule has 0 aromatic carbocycles. The maximum absolute atomic E-state index is 5.56. The van der Waals surface area contributed by atoms with Gasteiger partial charge in [0.1, 0.15) is 0 Å². The minimum atomic E-state index is -0.589. The van der Waals surface area contributed by atoms with Crippen molar-refractivity contribution in [3.8, 4) is 0 Å². The minimum Gasteiger partial charge on any atom is -0.124 e. The summed E-state index contributed by atoms with van der Waals surface area (Å²) in [5, 5.41) is 0. The van der Waals surface area contributed by atoms with Gasteiger partial charge in [-0.1, -0.05) is 30.1 Å². The zero-order valence-electron chi connectivity index (χ0n) is 4.37. The number of halogens is 2. The summed E-state index contributed by atoms with van der Waals surface area (Å²) in [6, 6.07) is 0. The Balaban J connectivity index is 3.15. The van der Waals surface area contributed by atoms with E-state index in [0.717, 1.165) is 5.75 Å². The van der Waals surface area contributed by atoms with Crippen LogP contribution in [0.4, 0.5) is 0 Å². The number of hydrogen-bond acceptors (Lipinski definition) is 1. The lowest BCUT2D eigenvalue weighted by molar-refractivity contribution is 1.27. The maximum atomic E-state index is 5.56. The van der Waals surface area contributed by atoms with E-state index >= 15 is 0 Å². The monoisotopic (exact) mass is 158 g/mol. The molecule has 0 amide bonds. The van der Waals surface area contributed by atoms with Gasteiger partial charge in [0.2, 0.25) is 0 Å². The van der Waals surface area contributed by atoms with E-state index < -0.39 is 3.67 Å². The highest BCUT2D eigenvalue weighted by molar-refractivity contribution is 8.03. The highest BCUT2D eigenvalue weighted by atomic mass is 35.5. The molecule has 3 heteroatoms. The number of alkyl halides is 2. The fourth-order valence-electron chi connectivity index (χ4n) is 0.253. The van der Waals surface area contributed by atoms with Gasteiger partial charge in [0.25, 0.3) is 0 Å². The van der Waals surface area contributed by atoms with Gasteiger partial charge in [0.05, 0.1) is 0 Å². The second-order valence-corrected chi connectivity index (χ2v) is 5.08. The molecule has 0 spiro atoms. The summed E-state index contributed by atoms with van der Waals surface area (Å²) in [4.78, 5) is 0. The third kappa shape index (κ3) is 6.93. The molecule has 0 N–H and O–H groups in total. The molecule has 0 aromatic heterocycles. The molecular weight excluding hydrogens is 151 g/mol. The van der Waals surface area contributed by atoms with E-state index in [9.17, 15) is 0 Å². The molecule has 0 aromatic rings. The SMILES string of the molecule is CCSC(C)(Cl)Cl. The van der Waals surface area contributed by atoms with Crippen molar-refractivity contribution < 1.29 is 0 Å². The van der Waals surface area contributed by atoms with E-state index in [-0.39, 0.29) is 0 Å². The van der Waals surface area contributed by atoms with Crippen LogP contribution in [0.1, 0.15) is 13.8 Å². The zero-order chi connectivity index (χ0) is 5.91. The number of thioether (sulfide) groups is 1. The van der Waals surface area contributed by atoms with Crippen LogP contribution < -0.4 is 0 Å². The zero-order valence-corrected chi connectivity index (χ0v) is 6.70. The lowest BCUT2D eigenvalue weighted by Crippen LogP contribution is -1.97. The fourth-order valence-corrected chi connectivity index (χ4v) is 1.41. The van der Waals surface area contributed by atoms with Gasteiger partial charge in [-0.05, 0) is 12.7 Å².